The molecule has 1 aliphatic rings. The first kappa shape index (κ1) is 28.6. The van der Waals surface area contributed by atoms with Crippen LogP contribution in [0.25, 0.3) is 0 Å². The number of morpholine rings is 1. The Kier molecular flexibility index (Phi) is 8.90. The number of amides is 1. The molecular weight excluding hydrogens is 542 g/mol. The Morgan fingerprint density at radius 3 is 2.08 bits per heavy atom. The highest BCUT2D eigenvalue weighted by Crippen LogP contribution is 2.26. The topological polar surface area (TPSA) is 122 Å². The van der Waals surface area contributed by atoms with Crippen LogP contribution in [-0.2, 0) is 29.6 Å². The lowest BCUT2D eigenvalue weighted by Gasteiger charge is -2.26. The van der Waals surface area contributed by atoms with E-state index < -0.39 is 32.5 Å². The Morgan fingerprint density at radius 2 is 1.49 bits per heavy atom. The molecule has 1 N–H and O–H groups in total. The Balaban J connectivity index is 1.53. The third-order valence-electron chi connectivity index (χ3n) is 6.08. The van der Waals surface area contributed by atoms with Gasteiger partial charge in [0.15, 0.2) is 0 Å². The van der Waals surface area contributed by atoms with E-state index in [1.165, 1.54) is 40.7 Å². The van der Waals surface area contributed by atoms with Gasteiger partial charge < -0.3 is 14.8 Å². The van der Waals surface area contributed by atoms with Gasteiger partial charge in [-0.2, -0.15) is 4.31 Å². The second-order valence-corrected chi connectivity index (χ2v) is 12.6. The maximum Gasteiger partial charge on any atom is 0.264 e. The summed E-state index contributed by atoms with van der Waals surface area (Å²) >= 11 is 0. The maximum atomic E-state index is 13.6. The van der Waals surface area contributed by atoms with Gasteiger partial charge in [0.1, 0.15) is 12.3 Å². The first-order chi connectivity index (χ1) is 18.6. The number of aryl methyl sites for hydroxylation is 1. The van der Waals surface area contributed by atoms with E-state index in [2.05, 4.69) is 5.32 Å². The van der Waals surface area contributed by atoms with E-state index in [9.17, 15) is 21.6 Å². The maximum absolute atomic E-state index is 13.6. The number of hydrogen-bond acceptors (Lipinski definition) is 7. The van der Waals surface area contributed by atoms with Crippen molar-refractivity contribution in [2.75, 3.05) is 49.1 Å². The number of carbonyl (C=O) groups excluding carboxylic acids is 1. The minimum absolute atomic E-state index is 0.0111. The number of ether oxygens (including phenoxy) is 2. The number of anilines is 2. The molecule has 0 saturated carbocycles. The highest BCUT2D eigenvalue weighted by atomic mass is 32.2. The van der Waals surface area contributed by atoms with Gasteiger partial charge in [0.2, 0.25) is 15.9 Å². The van der Waals surface area contributed by atoms with Crippen LogP contribution in [0, 0.1) is 6.92 Å². The zero-order chi connectivity index (χ0) is 28.0. The van der Waals surface area contributed by atoms with E-state index in [-0.39, 0.29) is 22.9 Å². The molecule has 0 unspecified atom stereocenters. The Morgan fingerprint density at radius 1 is 0.897 bits per heavy atom. The zero-order valence-electron chi connectivity index (χ0n) is 21.7. The summed E-state index contributed by atoms with van der Waals surface area (Å²) in [5.41, 5.74) is 1.61. The van der Waals surface area contributed by atoms with Gasteiger partial charge in [0.05, 0.1) is 35.3 Å². The van der Waals surface area contributed by atoms with Gasteiger partial charge in [-0.3, -0.25) is 9.10 Å². The molecule has 0 radical (unpaired) electrons. The summed E-state index contributed by atoms with van der Waals surface area (Å²) in [7, 11) is -7.78. The first-order valence-corrected chi connectivity index (χ1v) is 15.3. The summed E-state index contributed by atoms with van der Waals surface area (Å²) in [6.45, 7) is 4.89. The molecule has 0 aromatic heterocycles. The normalized spacial score (nSPS) is 14.5. The molecule has 4 rings (SSSR count). The van der Waals surface area contributed by atoms with Crippen LogP contribution in [0.4, 0.5) is 11.4 Å². The largest absolute Gasteiger partial charge is 0.494 e. The summed E-state index contributed by atoms with van der Waals surface area (Å²) in [5, 5.41) is 2.67. The van der Waals surface area contributed by atoms with Crippen molar-refractivity contribution in [2.45, 2.75) is 23.6 Å². The Bertz CT molecular complexity index is 1480. The molecule has 1 aliphatic heterocycles. The quantitative estimate of drug-likeness (QED) is 0.395. The number of nitrogens with one attached hydrogen (secondary N) is 1. The van der Waals surface area contributed by atoms with Crippen LogP contribution in [0.3, 0.4) is 0 Å². The third-order valence-corrected chi connectivity index (χ3v) is 9.78. The highest BCUT2D eigenvalue weighted by molar-refractivity contribution is 7.92. The fourth-order valence-electron chi connectivity index (χ4n) is 4.01. The van der Waals surface area contributed by atoms with Crippen LogP contribution in [0.15, 0.2) is 82.6 Å². The molecular formula is C27H31N3O7S2. The highest BCUT2D eigenvalue weighted by Gasteiger charge is 2.28. The summed E-state index contributed by atoms with van der Waals surface area (Å²) in [6.07, 6.45) is 0. The summed E-state index contributed by atoms with van der Waals surface area (Å²) < 4.78 is 65.9. The van der Waals surface area contributed by atoms with E-state index in [0.717, 1.165) is 9.87 Å². The molecule has 0 aliphatic carbocycles. The van der Waals surface area contributed by atoms with E-state index in [0.29, 0.717) is 36.9 Å². The van der Waals surface area contributed by atoms with Gasteiger partial charge in [0, 0.05) is 18.8 Å². The van der Waals surface area contributed by atoms with Crippen molar-refractivity contribution in [3.63, 3.8) is 0 Å². The van der Waals surface area contributed by atoms with Crippen molar-refractivity contribution in [2.24, 2.45) is 0 Å². The third kappa shape index (κ3) is 6.77. The smallest absolute Gasteiger partial charge is 0.264 e. The summed E-state index contributed by atoms with van der Waals surface area (Å²) in [4.78, 5) is 13.1. The molecule has 3 aromatic carbocycles. The van der Waals surface area contributed by atoms with Gasteiger partial charge in [-0.15, -0.1) is 0 Å². The molecule has 1 heterocycles. The van der Waals surface area contributed by atoms with Gasteiger partial charge in [-0.1, -0.05) is 17.7 Å². The summed E-state index contributed by atoms with van der Waals surface area (Å²) in [5.74, 6) is -0.0518. The number of carbonyl (C=O) groups is 1. The van der Waals surface area contributed by atoms with Crippen LogP contribution >= 0.6 is 0 Å². The SMILES string of the molecule is CCOc1ccc(S(=O)(=O)N(CC(=O)Nc2ccc(S(=O)(=O)N3CCOCC3)cc2)c2ccc(C)cc2)cc1. The average molecular weight is 574 g/mol. The van der Waals surface area contributed by atoms with Crippen LogP contribution in [0.2, 0.25) is 0 Å². The number of rotatable bonds is 10. The van der Waals surface area contributed by atoms with E-state index in [1.807, 2.05) is 13.8 Å². The second-order valence-electron chi connectivity index (χ2n) is 8.84. The van der Waals surface area contributed by atoms with Crippen molar-refractivity contribution in [3.05, 3.63) is 78.4 Å². The van der Waals surface area contributed by atoms with Crippen molar-refractivity contribution < 1.29 is 31.1 Å². The molecule has 39 heavy (non-hydrogen) atoms. The molecule has 1 fully saturated rings. The molecule has 10 nitrogen and oxygen atoms in total. The molecule has 0 spiro atoms. The number of nitrogens with zero attached hydrogens (tertiary/aromatic N) is 2. The molecule has 208 valence electrons. The van der Waals surface area contributed by atoms with Crippen LogP contribution < -0.4 is 14.4 Å². The van der Waals surface area contributed by atoms with Gasteiger partial charge in [-0.25, -0.2) is 16.8 Å². The fraction of sp³-hybridized carbons (Fsp3) is 0.296. The molecule has 1 amide bonds. The van der Waals surface area contributed by atoms with Crippen molar-refractivity contribution in [3.8, 4) is 5.75 Å². The average Bonchev–Trinajstić information content (AvgIpc) is 2.93. The zero-order valence-corrected chi connectivity index (χ0v) is 23.4. The Hall–Kier alpha value is -3.45. The first-order valence-electron chi connectivity index (χ1n) is 12.4. The predicted octanol–water partition coefficient (Wildman–Crippen LogP) is 3.25. The van der Waals surface area contributed by atoms with Crippen LogP contribution in [-0.4, -0.2) is 66.5 Å². The van der Waals surface area contributed by atoms with Gasteiger partial charge in [-0.05, 0) is 74.5 Å². The lowest BCUT2D eigenvalue weighted by Crippen LogP contribution is -2.40. The second kappa shape index (κ2) is 12.2. The van der Waals surface area contributed by atoms with E-state index >= 15 is 0 Å². The van der Waals surface area contributed by atoms with E-state index in [4.69, 9.17) is 9.47 Å². The van der Waals surface area contributed by atoms with E-state index in [1.54, 1.807) is 36.4 Å². The lowest BCUT2D eigenvalue weighted by atomic mass is 10.2. The molecule has 3 aromatic rings. The minimum atomic E-state index is -4.10. The molecule has 0 atom stereocenters. The number of sulfonamides is 2. The number of hydrogen-bond donors (Lipinski definition) is 1. The van der Waals surface area contributed by atoms with Crippen molar-refractivity contribution >= 4 is 37.3 Å². The predicted molar refractivity (Wildman–Crippen MR) is 148 cm³/mol. The monoisotopic (exact) mass is 573 g/mol. The molecule has 1 saturated heterocycles. The lowest BCUT2D eigenvalue weighted by molar-refractivity contribution is -0.114. The minimum Gasteiger partial charge on any atom is -0.494 e. The van der Waals surface area contributed by atoms with Gasteiger partial charge >= 0.3 is 0 Å². The Labute approximate surface area is 229 Å². The van der Waals surface area contributed by atoms with Crippen LogP contribution in [0.1, 0.15) is 12.5 Å². The number of benzene rings is 3. The standard InChI is InChI=1S/C27H31N3O7S2/c1-3-37-24-10-14-26(15-11-24)39(34,35)30(23-8-4-21(2)5-9-23)20-27(31)28-22-6-12-25(13-7-22)38(32,33)29-16-18-36-19-17-29/h4-15H,3,16-20H2,1-2H3,(H,28,31). The van der Waals surface area contributed by atoms with Crippen molar-refractivity contribution in [1.82, 2.24) is 4.31 Å². The van der Waals surface area contributed by atoms with Gasteiger partial charge in [0.25, 0.3) is 10.0 Å². The van der Waals surface area contributed by atoms with Crippen LogP contribution in [0.5, 0.6) is 5.75 Å². The van der Waals surface area contributed by atoms with Crippen molar-refractivity contribution in [1.29, 1.82) is 0 Å². The molecule has 12 heteroatoms. The summed E-state index contributed by atoms with van der Waals surface area (Å²) in [6, 6.07) is 18.6. The fourth-order valence-corrected chi connectivity index (χ4v) is 6.83. The molecule has 0 bridgehead atoms.